The van der Waals surface area contributed by atoms with Crippen molar-refractivity contribution in [1.82, 2.24) is 5.32 Å². The molecule has 1 N–H and O–H groups in total. The maximum absolute atomic E-state index is 6.18. The molecule has 0 spiro atoms. The Labute approximate surface area is 105 Å². The van der Waals surface area contributed by atoms with Crippen LogP contribution in [0.3, 0.4) is 0 Å². The predicted octanol–water partition coefficient (Wildman–Crippen LogP) is 2.35. The van der Waals surface area contributed by atoms with E-state index >= 15 is 0 Å². The zero-order valence-electron chi connectivity index (χ0n) is 11.3. The van der Waals surface area contributed by atoms with E-state index in [9.17, 15) is 0 Å². The van der Waals surface area contributed by atoms with Crippen LogP contribution in [-0.4, -0.2) is 38.0 Å². The van der Waals surface area contributed by atoms with Gasteiger partial charge < -0.3 is 14.8 Å². The van der Waals surface area contributed by atoms with Gasteiger partial charge in [-0.25, -0.2) is 0 Å². The molecule has 0 bridgehead atoms. The third-order valence-electron chi connectivity index (χ3n) is 4.04. The van der Waals surface area contributed by atoms with Crippen molar-refractivity contribution >= 4 is 0 Å². The lowest BCUT2D eigenvalue weighted by atomic mass is 9.81. The Morgan fingerprint density at radius 3 is 2.65 bits per heavy atom. The number of hydrogen-bond acceptors (Lipinski definition) is 3. The first kappa shape index (κ1) is 13.3. The van der Waals surface area contributed by atoms with E-state index in [1.807, 2.05) is 0 Å². The third-order valence-corrected chi connectivity index (χ3v) is 4.04. The van der Waals surface area contributed by atoms with Crippen LogP contribution in [0.1, 0.15) is 46.0 Å². The van der Waals surface area contributed by atoms with Crippen LogP contribution in [0, 0.1) is 5.92 Å². The Bertz CT molecular complexity index is 218. The van der Waals surface area contributed by atoms with Gasteiger partial charge in [0, 0.05) is 6.04 Å². The predicted molar refractivity (Wildman–Crippen MR) is 69.2 cm³/mol. The van der Waals surface area contributed by atoms with Crippen molar-refractivity contribution in [3.05, 3.63) is 0 Å². The molecule has 1 aliphatic carbocycles. The van der Waals surface area contributed by atoms with Crippen LogP contribution in [0.5, 0.6) is 0 Å². The first-order chi connectivity index (χ1) is 8.33. The van der Waals surface area contributed by atoms with Gasteiger partial charge in [0.15, 0.2) is 0 Å². The van der Waals surface area contributed by atoms with Gasteiger partial charge in [0.25, 0.3) is 0 Å². The fraction of sp³-hybridized carbons (Fsp3) is 1.00. The maximum Gasteiger partial charge on any atom is 0.105 e. The average molecular weight is 241 g/mol. The smallest absolute Gasteiger partial charge is 0.105 e. The molecule has 2 fully saturated rings. The average Bonchev–Trinajstić information content (AvgIpc) is 2.27. The molecule has 1 aliphatic heterocycles. The molecule has 3 heteroatoms. The van der Waals surface area contributed by atoms with Crippen LogP contribution in [0.25, 0.3) is 0 Å². The van der Waals surface area contributed by atoms with Crippen LogP contribution in [0.15, 0.2) is 0 Å². The molecule has 3 unspecified atom stereocenters. The van der Waals surface area contributed by atoms with E-state index in [0.717, 1.165) is 25.7 Å². The minimum atomic E-state index is 0.363. The Hall–Kier alpha value is -0.120. The standard InChI is InChI=1S/C14H27NO2/c1-3-5-11-6-7-13(15-4-2)14(8-11)17-12-9-16-10-12/h11-15H,3-10H2,1-2H3. The molecular formula is C14H27NO2. The Balaban J connectivity index is 1.84. The van der Waals surface area contributed by atoms with Crippen molar-refractivity contribution in [3.63, 3.8) is 0 Å². The highest BCUT2D eigenvalue weighted by Gasteiger charge is 2.33. The highest BCUT2D eigenvalue weighted by atomic mass is 16.6. The van der Waals surface area contributed by atoms with E-state index in [2.05, 4.69) is 19.2 Å². The second kappa shape index (κ2) is 6.72. The summed E-state index contributed by atoms with van der Waals surface area (Å²) in [4.78, 5) is 0. The summed E-state index contributed by atoms with van der Waals surface area (Å²) in [6.45, 7) is 7.11. The fourth-order valence-corrected chi connectivity index (χ4v) is 3.07. The van der Waals surface area contributed by atoms with Crippen LogP contribution >= 0.6 is 0 Å². The van der Waals surface area contributed by atoms with Crippen LogP contribution < -0.4 is 5.32 Å². The van der Waals surface area contributed by atoms with Gasteiger partial charge in [-0.05, 0) is 31.7 Å². The molecule has 100 valence electrons. The second-order valence-corrected chi connectivity index (χ2v) is 5.47. The molecule has 3 atom stereocenters. The Morgan fingerprint density at radius 1 is 1.24 bits per heavy atom. The van der Waals surface area contributed by atoms with Gasteiger partial charge in [-0.2, -0.15) is 0 Å². The summed E-state index contributed by atoms with van der Waals surface area (Å²) in [7, 11) is 0. The van der Waals surface area contributed by atoms with E-state index in [-0.39, 0.29) is 0 Å². The molecule has 17 heavy (non-hydrogen) atoms. The minimum Gasteiger partial charge on any atom is -0.376 e. The zero-order chi connectivity index (χ0) is 12.1. The first-order valence-corrected chi connectivity index (χ1v) is 7.30. The SMILES string of the molecule is CCCC1CCC(NCC)C(OC2COC2)C1. The van der Waals surface area contributed by atoms with E-state index in [1.165, 1.54) is 32.1 Å². The molecule has 3 nitrogen and oxygen atoms in total. The van der Waals surface area contributed by atoms with E-state index in [4.69, 9.17) is 9.47 Å². The van der Waals surface area contributed by atoms with Gasteiger partial charge in [-0.3, -0.25) is 0 Å². The van der Waals surface area contributed by atoms with Crippen molar-refractivity contribution in [2.45, 2.75) is 64.2 Å². The van der Waals surface area contributed by atoms with Crippen LogP contribution in [0.4, 0.5) is 0 Å². The molecule has 1 heterocycles. The Kier molecular flexibility index (Phi) is 5.26. The molecule has 0 aromatic heterocycles. The molecule has 0 amide bonds. The monoisotopic (exact) mass is 241 g/mol. The summed E-state index contributed by atoms with van der Waals surface area (Å²) < 4.78 is 11.4. The van der Waals surface area contributed by atoms with Crippen molar-refractivity contribution in [2.24, 2.45) is 5.92 Å². The van der Waals surface area contributed by atoms with E-state index in [1.54, 1.807) is 0 Å². The third kappa shape index (κ3) is 3.67. The summed E-state index contributed by atoms with van der Waals surface area (Å²) >= 11 is 0. The van der Waals surface area contributed by atoms with Crippen molar-refractivity contribution in [1.29, 1.82) is 0 Å². The molecule has 2 rings (SSSR count). The minimum absolute atomic E-state index is 0.363. The van der Waals surface area contributed by atoms with Gasteiger partial charge in [-0.15, -0.1) is 0 Å². The van der Waals surface area contributed by atoms with Crippen molar-refractivity contribution in [2.75, 3.05) is 19.8 Å². The normalized spacial score (nSPS) is 34.6. The molecule has 1 saturated heterocycles. The van der Waals surface area contributed by atoms with Gasteiger partial charge in [-0.1, -0.05) is 26.7 Å². The molecule has 0 aromatic rings. The first-order valence-electron chi connectivity index (χ1n) is 7.30. The number of nitrogens with one attached hydrogen (secondary N) is 1. The zero-order valence-corrected chi connectivity index (χ0v) is 11.3. The molecule has 2 aliphatic rings. The number of rotatable bonds is 6. The molecule has 0 aromatic carbocycles. The quantitative estimate of drug-likeness (QED) is 0.774. The van der Waals surface area contributed by atoms with Gasteiger partial charge in [0.05, 0.1) is 19.3 Å². The van der Waals surface area contributed by atoms with Gasteiger partial charge in [0.2, 0.25) is 0 Å². The lowest BCUT2D eigenvalue weighted by molar-refractivity contribution is -0.169. The van der Waals surface area contributed by atoms with Crippen molar-refractivity contribution < 1.29 is 9.47 Å². The molecular weight excluding hydrogens is 214 g/mol. The number of likely N-dealkylation sites (N-methyl/N-ethyl adjacent to an activating group) is 1. The summed E-state index contributed by atoms with van der Waals surface area (Å²) in [6, 6.07) is 0.564. The fourth-order valence-electron chi connectivity index (χ4n) is 3.07. The highest BCUT2D eigenvalue weighted by Crippen LogP contribution is 2.31. The highest BCUT2D eigenvalue weighted by molar-refractivity contribution is 4.87. The maximum atomic E-state index is 6.18. The van der Waals surface area contributed by atoms with Crippen LogP contribution in [0.2, 0.25) is 0 Å². The topological polar surface area (TPSA) is 30.5 Å². The van der Waals surface area contributed by atoms with E-state index < -0.39 is 0 Å². The lowest BCUT2D eigenvalue weighted by Crippen LogP contribution is -2.50. The summed E-state index contributed by atoms with van der Waals surface area (Å²) in [5.74, 6) is 0.876. The summed E-state index contributed by atoms with van der Waals surface area (Å²) in [6.07, 6.45) is 7.32. The number of hydrogen-bond donors (Lipinski definition) is 1. The van der Waals surface area contributed by atoms with Crippen LogP contribution in [-0.2, 0) is 9.47 Å². The second-order valence-electron chi connectivity index (χ2n) is 5.47. The van der Waals surface area contributed by atoms with Gasteiger partial charge >= 0.3 is 0 Å². The Morgan fingerprint density at radius 2 is 2.06 bits per heavy atom. The van der Waals surface area contributed by atoms with Gasteiger partial charge in [0.1, 0.15) is 6.10 Å². The van der Waals surface area contributed by atoms with E-state index in [0.29, 0.717) is 18.2 Å². The molecule has 0 radical (unpaired) electrons. The number of ether oxygens (including phenoxy) is 2. The summed E-state index contributed by atoms with van der Waals surface area (Å²) in [5, 5.41) is 3.58. The largest absolute Gasteiger partial charge is 0.376 e. The molecule has 1 saturated carbocycles. The van der Waals surface area contributed by atoms with Crippen molar-refractivity contribution in [3.8, 4) is 0 Å². The summed E-state index contributed by atoms with van der Waals surface area (Å²) in [5.41, 5.74) is 0. The lowest BCUT2D eigenvalue weighted by Gasteiger charge is -2.40.